The summed E-state index contributed by atoms with van der Waals surface area (Å²) in [4.78, 5) is 13.8. The molecule has 0 spiro atoms. The lowest BCUT2D eigenvalue weighted by molar-refractivity contribution is 0.250. The van der Waals surface area contributed by atoms with Crippen LogP contribution in [0.5, 0.6) is 0 Å². The third kappa shape index (κ3) is 2.64. The van der Waals surface area contributed by atoms with Crippen LogP contribution in [0.4, 0.5) is 10.5 Å². The van der Waals surface area contributed by atoms with Crippen LogP contribution in [0.2, 0.25) is 0 Å². The lowest BCUT2D eigenvalue weighted by Gasteiger charge is -2.16. The molecule has 1 heterocycles. The molecule has 18 heavy (non-hydrogen) atoms. The molecule has 2 amide bonds. The molecule has 1 atom stereocenters. The van der Waals surface area contributed by atoms with Crippen LogP contribution in [0.1, 0.15) is 17.5 Å². The van der Waals surface area contributed by atoms with E-state index in [1.54, 1.807) is 0 Å². The monoisotopic (exact) mass is 247 g/mol. The van der Waals surface area contributed by atoms with E-state index in [0.29, 0.717) is 0 Å². The standard InChI is InChI=1S/C14H21N3O/c1-10-4-5-13(8-11(10)2)17-9-12(6-7-15-3)16-14(17)18/h4-5,8,12,15H,6-7,9H2,1-3H3,(H,16,18). The average Bonchev–Trinajstić information content (AvgIpc) is 2.71. The molecule has 1 aliphatic rings. The second kappa shape index (κ2) is 5.40. The highest BCUT2D eigenvalue weighted by Gasteiger charge is 2.29. The van der Waals surface area contributed by atoms with Crippen molar-refractivity contribution in [2.24, 2.45) is 0 Å². The van der Waals surface area contributed by atoms with Crippen molar-refractivity contribution in [3.63, 3.8) is 0 Å². The molecule has 1 aromatic carbocycles. The fraction of sp³-hybridized carbons (Fsp3) is 0.500. The molecule has 98 valence electrons. The van der Waals surface area contributed by atoms with Gasteiger partial charge >= 0.3 is 6.03 Å². The van der Waals surface area contributed by atoms with E-state index in [-0.39, 0.29) is 12.1 Å². The fourth-order valence-corrected chi connectivity index (χ4v) is 2.20. The number of nitrogens with one attached hydrogen (secondary N) is 2. The largest absolute Gasteiger partial charge is 0.333 e. The molecule has 0 aliphatic carbocycles. The van der Waals surface area contributed by atoms with Gasteiger partial charge in [-0.15, -0.1) is 0 Å². The topological polar surface area (TPSA) is 44.4 Å². The van der Waals surface area contributed by atoms with Gasteiger partial charge in [0.15, 0.2) is 0 Å². The van der Waals surface area contributed by atoms with Crippen LogP contribution in [-0.2, 0) is 0 Å². The van der Waals surface area contributed by atoms with Crippen molar-refractivity contribution in [2.75, 3.05) is 25.0 Å². The Balaban J connectivity index is 2.09. The Hall–Kier alpha value is -1.55. The Morgan fingerprint density at radius 3 is 2.83 bits per heavy atom. The van der Waals surface area contributed by atoms with Gasteiger partial charge in [0.05, 0.1) is 0 Å². The maximum absolute atomic E-state index is 11.9. The van der Waals surface area contributed by atoms with E-state index in [1.165, 1.54) is 11.1 Å². The molecule has 4 heteroatoms. The van der Waals surface area contributed by atoms with E-state index in [2.05, 4.69) is 36.6 Å². The summed E-state index contributed by atoms with van der Waals surface area (Å²) in [7, 11) is 1.93. The molecule has 0 radical (unpaired) electrons. The SMILES string of the molecule is CNCCC1CN(c2ccc(C)c(C)c2)C(=O)N1. The molecule has 0 saturated carbocycles. The third-order valence-corrected chi connectivity index (χ3v) is 3.52. The predicted molar refractivity (Wildman–Crippen MR) is 74.1 cm³/mol. The second-order valence-corrected chi connectivity index (χ2v) is 4.92. The number of anilines is 1. The van der Waals surface area contributed by atoms with Gasteiger partial charge in [-0.25, -0.2) is 4.79 Å². The van der Waals surface area contributed by atoms with Gasteiger partial charge in [-0.3, -0.25) is 4.90 Å². The third-order valence-electron chi connectivity index (χ3n) is 3.52. The number of amides is 2. The highest BCUT2D eigenvalue weighted by molar-refractivity contribution is 5.94. The van der Waals surface area contributed by atoms with E-state index in [0.717, 1.165) is 25.2 Å². The van der Waals surface area contributed by atoms with Crippen LogP contribution in [0, 0.1) is 13.8 Å². The van der Waals surface area contributed by atoms with E-state index < -0.39 is 0 Å². The maximum atomic E-state index is 11.9. The number of benzene rings is 1. The lowest BCUT2D eigenvalue weighted by atomic mass is 10.1. The van der Waals surface area contributed by atoms with Gasteiger partial charge in [-0.05, 0) is 57.1 Å². The number of urea groups is 1. The van der Waals surface area contributed by atoms with Gasteiger partial charge in [0.2, 0.25) is 0 Å². The number of carbonyl (C=O) groups is 1. The van der Waals surface area contributed by atoms with Crippen molar-refractivity contribution in [1.29, 1.82) is 0 Å². The zero-order chi connectivity index (χ0) is 13.1. The molecule has 4 nitrogen and oxygen atoms in total. The fourth-order valence-electron chi connectivity index (χ4n) is 2.20. The number of hydrogen-bond donors (Lipinski definition) is 2. The summed E-state index contributed by atoms with van der Waals surface area (Å²) in [6, 6.07) is 6.42. The van der Waals surface area contributed by atoms with E-state index in [9.17, 15) is 4.79 Å². The molecule has 1 saturated heterocycles. The quantitative estimate of drug-likeness (QED) is 0.852. The predicted octanol–water partition coefficient (Wildman–Crippen LogP) is 1.81. The summed E-state index contributed by atoms with van der Waals surface area (Å²) in [6.07, 6.45) is 0.962. The minimum atomic E-state index is 0.0133. The maximum Gasteiger partial charge on any atom is 0.322 e. The lowest BCUT2D eigenvalue weighted by Crippen LogP contribution is -2.30. The minimum absolute atomic E-state index is 0.0133. The van der Waals surface area contributed by atoms with Crippen LogP contribution in [-0.4, -0.2) is 32.2 Å². The summed E-state index contributed by atoms with van der Waals surface area (Å²) in [5.74, 6) is 0. The number of rotatable bonds is 4. The smallest absolute Gasteiger partial charge is 0.322 e. The molecule has 1 fully saturated rings. The summed E-state index contributed by atoms with van der Waals surface area (Å²) in [5.41, 5.74) is 3.46. The molecule has 0 bridgehead atoms. The first-order valence-electron chi connectivity index (χ1n) is 6.41. The summed E-state index contributed by atoms with van der Waals surface area (Å²) in [5, 5.41) is 6.13. The van der Waals surface area contributed by atoms with Gasteiger partial charge in [0.25, 0.3) is 0 Å². The van der Waals surface area contributed by atoms with Crippen molar-refractivity contribution in [3.8, 4) is 0 Å². The molecule has 1 aromatic rings. The summed E-state index contributed by atoms with van der Waals surface area (Å²) < 4.78 is 0. The highest BCUT2D eigenvalue weighted by atomic mass is 16.2. The number of nitrogens with zero attached hydrogens (tertiary/aromatic N) is 1. The minimum Gasteiger partial charge on any atom is -0.333 e. The van der Waals surface area contributed by atoms with Crippen molar-refractivity contribution >= 4 is 11.7 Å². The summed E-state index contributed by atoms with van der Waals surface area (Å²) in [6.45, 7) is 5.83. The van der Waals surface area contributed by atoms with Crippen LogP contribution in [0.15, 0.2) is 18.2 Å². The normalized spacial score (nSPS) is 19.2. The van der Waals surface area contributed by atoms with Gasteiger partial charge in [0, 0.05) is 18.3 Å². The van der Waals surface area contributed by atoms with Crippen molar-refractivity contribution < 1.29 is 4.79 Å². The number of aryl methyl sites for hydroxylation is 2. The molecule has 2 N–H and O–H groups in total. The molecular formula is C14H21N3O. The van der Waals surface area contributed by atoms with Crippen LogP contribution >= 0.6 is 0 Å². The summed E-state index contributed by atoms with van der Waals surface area (Å²) >= 11 is 0. The van der Waals surface area contributed by atoms with E-state index >= 15 is 0 Å². The Bertz CT molecular complexity index is 445. The molecule has 1 aliphatic heterocycles. The first-order chi connectivity index (χ1) is 8.61. The molecule has 2 rings (SSSR count). The first-order valence-corrected chi connectivity index (χ1v) is 6.41. The molecular weight excluding hydrogens is 226 g/mol. The Labute approximate surface area is 108 Å². The zero-order valence-electron chi connectivity index (χ0n) is 11.3. The Morgan fingerprint density at radius 1 is 1.39 bits per heavy atom. The van der Waals surface area contributed by atoms with Gasteiger partial charge < -0.3 is 10.6 Å². The van der Waals surface area contributed by atoms with Crippen LogP contribution in [0.3, 0.4) is 0 Å². The highest BCUT2D eigenvalue weighted by Crippen LogP contribution is 2.22. The van der Waals surface area contributed by atoms with Crippen LogP contribution < -0.4 is 15.5 Å². The van der Waals surface area contributed by atoms with Gasteiger partial charge in [-0.1, -0.05) is 6.07 Å². The van der Waals surface area contributed by atoms with E-state index in [1.807, 2.05) is 18.0 Å². The van der Waals surface area contributed by atoms with Crippen molar-refractivity contribution in [1.82, 2.24) is 10.6 Å². The van der Waals surface area contributed by atoms with Crippen molar-refractivity contribution in [2.45, 2.75) is 26.3 Å². The van der Waals surface area contributed by atoms with Gasteiger partial charge in [0.1, 0.15) is 0 Å². The van der Waals surface area contributed by atoms with Crippen molar-refractivity contribution in [3.05, 3.63) is 29.3 Å². The van der Waals surface area contributed by atoms with E-state index in [4.69, 9.17) is 0 Å². The Morgan fingerprint density at radius 2 is 2.17 bits per heavy atom. The average molecular weight is 247 g/mol. The number of hydrogen-bond acceptors (Lipinski definition) is 2. The van der Waals surface area contributed by atoms with Gasteiger partial charge in [-0.2, -0.15) is 0 Å². The molecule has 0 aromatic heterocycles. The zero-order valence-corrected chi connectivity index (χ0v) is 11.3. The van der Waals surface area contributed by atoms with Crippen LogP contribution in [0.25, 0.3) is 0 Å². The first kappa shape index (κ1) is 12.9. The number of carbonyl (C=O) groups excluding carboxylic acids is 1. The Kier molecular flexibility index (Phi) is 3.87. The second-order valence-electron chi connectivity index (χ2n) is 4.92. The molecule has 1 unspecified atom stereocenters.